The zero-order valence-corrected chi connectivity index (χ0v) is 14.4. The summed E-state index contributed by atoms with van der Waals surface area (Å²) in [6, 6.07) is 3.76. The predicted molar refractivity (Wildman–Crippen MR) is 90.9 cm³/mol. The van der Waals surface area contributed by atoms with Gasteiger partial charge in [0.1, 0.15) is 11.5 Å². The Hall–Kier alpha value is -2.97. The molecule has 1 aliphatic carbocycles. The lowest BCUT2D eigenvalue weighted by molar-refractivity contribution is -0.137. The molecule has 1 fully saturated rings. The van der Waals surface area contributed by atoms with E-state index < -0.39 is 17.6 Å². The Labute approximate surface area is 152 Å². The Morgan fingerprint density at radius 2 is 2.04 bits per heavy atom. The standard InChI is InChI=1S/C18H16F3N5O/c1-10-7-23-14(8-22-10)17(27)24-9-16-25-13-6-11(18(19,20)21)2-5-15(13)26(16)12-3-4-12/h2,5-8,12H,3-4,9H2,1H3,(H,24,27). The third-order valence-electron chi connectivity index (χ3n) is 4.42. The molecule has 0 aliphatic heterocycles. The Kier molecular flexibility index (Phi) is 4.09. The van der Waals surface area contributed by atoms with Crippen LogP contribution in [0, 0.1) is 6.92 Å². The van der Waals surface area contributed by atoms with Crippen molar-refractivity contribution in [2.75, 3.05) is 0 Å². The molecule has 0 bridgehead atoms. The molecular weight excluding hydrogens is 359 g/mol. The number of nitrogens with zero attached hydrogens (tertiary/aromatic N) is 4. The zero-order valence-electron chi connectivity index (χ0n) is 14.4. The number of aromatic nitrogens is 4. The molecule has 6 nitrogen and oxygen atoms in total. The Bertz CT molecular complexity index is 1010. The van der Waals surface area contributed by atoms with Crippen molar-refractivity contribution in [2.24, 2.45) is 0 Å². The molecule has 0 unspecified atom stereocenters. The minimum atomic E-state index is -4.42. The van der Waals surface area contributed by atoms with Crippen LogP contribution in [0.25, 0.3) is 11.0 Å². The van der Waals surface area contributed by atoms with Crippen molar-refractivity contribution >= 4 is 16.9 Å². The number of nitrogens with one attached hydrogen (secondary N) is 1. The summed E-state index contributed by atoms with van der Waals surface area (Å²) in [6.45, 7) is 1.86. The summed E-state index contributed by atoms with van der Waals surface area (Å²) in [5.41, 5.74) is 1.05. The van der Waals surface area contributed by atoms with Crippen LogP contribution in [0.5, 0.6) is 0 Å². The van der Waals surface area contributed by atoms with Gasteiger partial charge in [0, 0.05) is 12.2 Å². The smallest absolute Gasteiger partial charge is 0.343 e. The van der Waals surface area contributed by atoms with E-state index in [9.17, 15) is 18.0 Å². The predicted octanol–water partition coefficient (Wildman–Crippen LogP) is 3.42. The number of halogens is 3. The fourth-order valence-corrected chi connectivity index (χ4v) is 2.95. The molecule has 140 valence electrons. The van der Waals surface area contributed by atoms with Crippen LogP contribution >= 0.6 is 0 Å². The van der Waals surface area contributed by atoms with Crippen molar-refractivity contribution in [3.8, 4) is 0 Å². The Balaban J connectivity index is 1.61. The summed E-state index contributed by atoms with van der Waals surface area (Å²) < 4.78 is 40.8. The van der Waals surface area contributed by atoms with Crippen molar-refractivity contribution in [1.29, 1.82) is 0 Å². The first kappa shape index (κ1) is 17.4. The largest absolute Gasteiger partial charge is 0.416 e. The fourth-order valence-electron chi connectivity index (χ4n) is 2.95. The van der Waals surface area contributed by atoms with Crippen molar-refractivity contribution < 1.29 is 18.0 Å². The molecule has 1 aliphatic rings. The van der Waals surface area contributed by atoms with E-state index in [4.69, 9.17) is 0 Å². The normalized spacial score (nSPS) is 14.5. The van der Waals surface area contributed by atoms with Gasteiger partial charge in [-0.1, -0.05) is 0 Å². The quantitative estimate of drug-likeness (QED) is 0.758. The number of imidazole rings is 1. The van der Waals surface area contributed by atoms with E-state index in [1.807, 2.05) is 4.57 Å². The molecule has 0 atom stereocenters. The van der Waals surface area contributed by atoms with Gasteiger partial charge >= 0.3 is 6.18 Å². The fraction of sp³-hybridized carbons (Fsp3) is 0.333. The molecule has 0 saturated heterocycles. The highest BCUT2D eigenvalue weighted by atomic mass is 19.4. The maximum Gasteiger partial charge on any atom is 0.416 e. The van der Waals surface area contributed by atoms with Crippen LogP contribution in [-0.4, -0.2) is 25.4 Å². The van der Waals surface area contributed by atoms with Gasteiger partial charge in [-0.05, 0) is 38.0 Å². The average molecular weight is 375 g/mol. The SMILES string of the molecule is Cc1cnc(C(=O)NCc2nc3cc(C(F)(F)F)ccc3n2C2CC2)cn1. The number of rotatable bonds is 4. The number of hydrogen-bond acceptors (Lipinski definition) is 4. The number of alkyl halides is 3. The van der Waals surface area contributed by atoms with Crippen LogP contribution in [-0.2, 0) is 12.7 Å². The second kappa shape index (κ2) is 6.33. The van der Waals surface area contributed by atoms with E-state index in [0.29, 0.717) is 17.0 Å². The molecule has 0 radical (unpaired) electrons. The molecule has 1 saturated carbocycles. The third kappa shape index (κ3) is 3.49. The Morgan fingerprint density at radius 1 is 1.26 bits per heavy atom. The topological polar surface area (TPSA) is 72.7 Å². The van der Waals surface area contributed by atoms with Crippen LogP contribution < -0.4 is 5.32 Å². The van der Waals surface area contributed by atoms with Crippen molar-refractivity contribution in [3.05, 3.63) is 53.4 Å². The lowest BCUT2D eigenvalue weighted by atomic mass is 10.2. The molecule has 1 aromatic carbocycles. The average Bonchev–Trinajstić information content (AvgIpc) is 3.39. The summed E-state index contributed by atoms with van der Waals surface area (Å²) in [5, 5.41) is 2.72. The van der Waals surface area contributed by atoms with Gasteiger partial charge in [-0.2, -0.15) is 13.2 Å². The van der Waals surface area contributed by atoms with Crippen LogP contribution in [0.1, 0.15) is 46.5 Å². The highest BCUT2D eigenvalue weighted by Gasteiger charge is 2.33. The first-order chi connectivity index (χ1) is 12.8. The van der Waals surface area contributed by atoms with Gasteiger partial charge in [0.05, 0.1) is 35.0 Å². The molecule has 0 spiro atoms. The van der Waals surface area contributed by atoms with Crippen molar-refractivity contribution in [3.63, 3.8) is 0 Å². The van der Waals surface area contributed by atoms with Gasteiger partial charge in [-0.3, -0.25) is 9.78 Å². The van der Waals surface area contributed by atoms with E-state index in [2.05, 4.69) is 20.3 Å². The molecule has 1 N–H and O–H groups in total. The van der Waals surface area contributed by atoms with Crippen LogP contribution in [0.4, 0.5) is 13.2 Å². The zero-order chi connectivity index (χ0) is 19.2. The Morgan fingerprint density at radius 3 is 2.67 bits per heavy atom. The number of carbonyl (C=O) groups excluding carboxylic acids is 1. The third-order valence-corrected chi connectivity index (χ3v) is 4.42. The van der Waals surface area contributed by atoms with Crippen LogP contribution in [0.3, 0.4) is 0 Å². The maximum absolute atomic E-state index is 13.0. The number of hydrogen-bond donors (Lipinski definition) is 1. The minimum absolute atomic E-state index is 0.0981. The van der Waals surface area contributed by atoms with E-state index in [0.717, 1.165) is 25.0 Å². The van der Waals surface area contributed by atoms with Crippen LogP contribution in [0.2, 0.25) is 0 Å². The molecule has 2 heterocycles. The highest BCUT2D eigenvalue weighted by molar-refractivity contribution is 5.91. The summed E-state index contributed by atoms with van der Waals surface area (Å²) in [4.78, 5) is 24.6. The molecule has 9 heteroatoms. The monoisotopic (exact) mass is 375 g/mol. The molecule has 1 amide bonds. The van der Waals surface area contributed by atoms with Gasteiger partial charge in [0.25, 0.3) is 5.91 Å². The number of amides is 1. The summed E-state index contributed by atoms with van der Waals surface area (Å²) >= 11 is 0. The second-order valence-corrected chi connectivity index (χ2v) is 6.56. The molecule has 3 aromatic rings. The van der Waals surface area contributed by atoms with Crippen LogP contribution in [0.15, 0.2) is 30.6 Å². The van der Waals surface area contributed by atoms with Gasteiger partial charge < -0.3 is 9.88 Å². The number of carbonyl (C=O) groups is 1. The maximum atomic E-state index is 13.0. The number of aryl methyl sites for hydroxylation is 1. The van der Waals surface area contributed by atoms with E-state index in [-0.39, 0.29) is 23.8 Å². The minimum Gasteiger partial charge on any atom is -0.343 e. The van der Waals surface area contributed by atoms with Gasteiger partial charge in [-0.15, -0.1) is 0 Å². The van der Waals surface area contributed by atoms with Gasteiger partial charge in [-0.25, -0.2) is 9.97 Å². The van der Waals surface area contributed by atoms with Crippen molar-refractivity contribution in [1.82, 2.24) is 24.8 Å². The first-order valence-electron chi connectivity index (χ1n) is 8.48. The first-order valence-corrected chi connectivity index (χ1v) is 8.48. The number of fused-ring (bicyclic) bond motifs is 1. The number of benzene rings is 1. The molecule has 27 heavy (non-hydrogen) atoms. The molecule has 4 rings (SSSR count). The molecule has 2 aromatic heterocycles. The molecular formula is C18H16F3N5O. The second-order valence-electron chi connectivity index (χ2n) is 6.56. The summed E-state index contributed by atoms with van der Waals surface area (Å²) in [7, 11) is 0. The summed E-state index contributed by atoms with van der Waals surface area (Å²) in [5.74, 6) is 0.119. The van der Waals surface area contributed by atoms with Crippen molar-refractivity contribution in [2.45, 2.75) is 38.5 Å². The van der Waals surface area contributed by atoms with Gasteiger partial charge in [0.15, 0.2) is 0 Å². The van der Waals surface area contributed by atoms with Gasteiger partial charge in [0.2, 0.25) is 0 Å². The lowest BCUT2D eigenvalue weighted by Crippen LogP contribution is -2.25. The highest BCUT2D eigenvalue weighted by Crippen LogP contribution is 2.39. The van der Waals surface area contributed by atoms with E-state index in [1.54, 1.807) is 6.92 Å². The lowest BCUT2D eigenvalue weighted by Gasteiger charge is -2.09. The summed E-state index contributed by atoms with van der Waals surface area (Å²) in [6.07, 6.45) is 0.334. The van der Waals surface area contributed by atoms with E-state index >= 15 is 0 Å². The van der Waals surface area contributed by atoms with E-state index in [1.165, 1.54) is 18.5 Å².